The van der Waals surface area contributed by atoms with Crippen LogP contribution in [0.5, 0.6) is 5.75 Å². The molecule has 0 saturated carbocycles. The predicted octanol–water partition coefficient (Wildman–Crippen LogP) is 4.76. The van der Waals surface area contributed by atoms with E-state index in [2.05, 4.69) is 45.0 Å². The number of hydrogen-bond acceptors (Lipinski definition) is 6. The van der Waals surface area contributed by atoms with Crippen molar-refractivity contribution in [2.45, 2.75) is 25.5 Å². The molecular formula is C25H25N5O2S. The smallest absolute Gasteiger partial charge is 0.250 e. The summed E-state index contributed by atoms with van der Waals surface area (Å²) in [6, 6.07) is 21.9. The maximum absolute atomic E-state index is 12.4. The number of ether oxygens (including phenoxy) is 1. The van der Waals surface area contributed by atoms with E-state index < -0.39 is 0 Å². The Labute approximate surface area is 196 Å². The molecule has 0 radical (unpaired) electrons. The molecule has 4 aromatic rings. The maximum Gasteiger partial charge on any atom is 0.250 e. The van der Waals surface area contributed by atoms with Gasteiger partial charge in [0.25, 0.3) is 5.91 Å². The van der Waals surface area contributed by atoms with Crippen molar-refractivity contribution >= 4 is 34.2 Å². The third-order valence-corrected chi connectivity index (χ3v) is 6.20. The summed E-state index contributed by atoms with van der Waals surface area (Å²) in [6.07, 6.45) is 0. The van der Waals surface area contributed by atoms with Gasteiger partial charge >= 0.3 is 0 Å². The van der Waals surface area contributed by atoms with Crippen LogP contribution in [0.2, 0.25) is 0 Å². The van der Waals surface area contributed by atoms with Gasteiger partial charge < -0.3 is 9.30 Å². The first-order chi connectivity index (χ1) is 16.1. The van der Waals surface area contributed by atoms with Gasteiger partial charge in [0.05, 0.1) is 18.6 Å². The number of amides is 1. The number of nitrogens with zero attached hydrogens (tertiary/aromatic N) is 4. The fraction of sp³-hybridized carbons (Fsp3) is 0.200. The molecule has 0 aliphatic heterocycles. The van der Waals surface area contributed by atoms with Crippen LogP contribution in [-0.2, 0) is 11.3 Å². The number of hydrogen-bond donors (Lipinski definition) is 1. The highest BCUT2D eigenvalue weighted by molar-refractivity contribution is 7.99. The molecule has 1 aromatic heterocycles. The van der Waals surface area contributed by atoms with E-state index >= 15 is 0 Å². The van der Waals surface area contributed by atoms with E-state index in [0.29, 0.717) is 11.7 Å². The molecule has 8 heteroatoms. The largest absolute Gasteiger partial charge is 0.497 e. The van der Waals surface area contributed by atoms with Crippen LogP contribution in [0.3, 0.4) is 0 Å². The maximum atomic E-state index is 12.4. The molecule has 0 unspecified atom stereocenters. The Morgan fingerprint density at radius 3 is 2.55 bits per heavy atom. The summed E-state index contributed by atoms with van der Waals surface area (Å²) >= 11 is 1.34. The van der Waals surface area contributed by atoms with Gasteiger partial charge in [-0.3, -0.25) is 4.79 Å². The Morgan fingerprint density at radius 1 is 1.06 bits per heavy atom. The molecule has 0 saturated heterocycles. The molecule has 1 amide bonds. The Hall–Kier alpha value is -3.65. The van der Waals surface area contributed by atoms with E-state index in [-0.39, 0.29) is 11.7 Å². The third kappa shape index (κ3) is 5.23. The number of nitrogens with one attached hydrogen (secondary N) is 1. The van der Waals surface area contributed by atoms with Gasteiger partial charge in [-0.05, 0) is 60.5 Å². The molecule has 0 spiro atoms. The minimum Gasteiger partial charge on any atom is -0.497 e. The molecule has 0 bridgehead atoms. The molecule has 0 atom stereocenters. The Morgan fingerprint density at radius 2 is 1.82 bits per heavy atom. The van der Waals surface area contributed by atoms with Crippen molar-refractivity contribution in [2.24, 2.45) is 5.10 Å². The Bertz CT molecular complexity index is 1300. The molecule has 168 valence electrons. The van der Waals surface area contributed by atoms with Gasteiger partial charge in [0, 0.05) is 12.1 Å². The van der Waals surface area contributed by atoms with Crippen molar-refractivity contribution < 1.29 is 9.53 Å². The number of aromatic nitrogens is 3. The van der Waals surface area contributed by atoms with E-state index in [1.165, 1.54) is 17.1 Å². The summed E-state index contributed by atoms with van der Waals surface area (Å²) in [5, 5.41) is 15.9. The lowest BCUT2D eigenvalue weighted by Crippen LogP contribution is -2.21. The SMILES string of the molecule is CCn1c(SCC(=O)N/N=C(\C)c2ccc3ccccc3c2)nnc1-c1ccc(OC)cc1. The Kier molecular flexibility index (Phi) is 7.04. The summed E-state index contributed by atoms with van der Waals surface area (Å²) in [6.45, 7) is 4.60. The van der Waals surface area contributed by atoms with E-state index in [0.717, 1.165) is 33.8 Å². The van der Waals surface area contributed by atoms with E-state index in [4.69, 9.17) is 4.74 Å². The number of carbonyl (C=O) groups excluding carboxylic acids is 1. The quantitative estimate of drug-likeness (QED) is 0.233. The molecule has 7 nitrogen and oxygen atoms in total. The summed E-state index contributed by atoms with van der Waals surface area (Å²) in [5.74, 6) is 1.53. The molecule has 3 aromatic carbocycles. The fourth-order valence-corrected chi connectivity index (χ4v) is 4.22. The number of thioether (sulfide) groups is 1. The molecule has 1 N–H and O–H groups in total. The molecule has 0 fully saturated rings. The molecule has 0 aliphatic carbocycles. The summed E-state index contributed by atoms with van der Waals surface area (Å²) in [4.78, 5) is 12.4. The van der Waals surface area contributed by atoms with Crippen LogP contribution in [0.15, 0.2) is 77.0 Å². The number of hydrazone groups is 1. The number of carbonyl (C=O) groups is 1. The highest BCUT2D eigenvalue weighted by Crippen LogP contribution is 2.25. The first-order valence-corrected chi connectivity index (χ1v) is 11.6. The lowest BCUT2D eigenvalue weighted by Gasteiger charge is -2.08. The van der Waals surface area contributed by atoms with Gasteiger partial charge in [-0.25, -0.2) is 5.43 Å². The van der Waals surface area contributed by atoms with Crippen molar-refractivity contribution in [3.8, 4) is 17.1 Å². The summed E-state index contributed by atoms with van der Waals surface area (Å²) < 4.78 is 7.21. The third-order valence-electron chi connectivity index (χ3n) is 5.23. The monoisotopic (exact) mass is 459 g/mol. The van der Waals surface area contributed by atoms with Crippen molar-refractivity contribution in [3.05, 3.63) is 72.3 Å². The van der Waals surface area contributed by atoms with Crippen molar-refractivity contribution in [1.29, 1.82) is 0 Å². The normalized spacial score (nSPS) is 11.5. The number of benzene rings is 3. The van der Waals surface area contributed by atoms with Crippen molar-refractivity contribution in [2.75, 3.05) is 12.9 Å². The highest BCUT2D eigenvalue weighted by Gasteiger charge is 2.14. The van der Waals surface area contributed by atoms with Gasteiger partial charge in [0.15, 0.2) is 11.0 Å². The zero-order chi connectivity index (χ0) is 23.2. The number of methoxy groups -OCH3 is 1. The second-order valence-electron chi connectivity index (χ2n) is 7.36. The van der Waals surface area contributed by atoms with Gasteiger partial charge in [0.2, 0.25) is 0 Å². The van der Waals surface area contributed by atoms with Crippen LogP contribution >= 0.6 is 11.8 Å². The first-order valence-electron chi connectivity index (χ1n) is 10.6. The van der Waals surface area contributed by atoms with E-state index in [1.807, 2.05) is 60.9 Å². The molecule has 33 heavy (non-hydrogen) atoms. The topological polar surface area (TPSA) is 81.4 Å². The Balaban J connectivity index is 1.39. The zero-order valence-electron chi connectivity index (χ0n) is 18.8. The number of fused-ring (bicyclic) bond motifs is 1. The average Bonchev–Trinajstić information content (AvgIpc) is 3.28. The van der Waals surface area contributed by atoms with Crippen LogP contribution < -0.4 is 10.2 Å². The fourth-order valence-electron chi connectivity index (χ4n) is 3.42. The van der Waals surface area contributed by atoms with Gasteiger partial charge in [0.1, 0.15) is 5.75 Å². The second-order valence-corrected chi connectivity index (χ2v) is 8.30. The van der Waals surface area contributed by atoms with Gasteiger partial charge in [-0.2, -0.15) is 5.10 Å². The molecule has 4 rings (SSSR count). The van der Waals surface area contributed by atoms with Crippen LogP contribution in [-0.4, -0.2) is 39.2 Å². The second kappa shape index (κ2) is 10.3. The molecular weight excluding hydrogens is 434 g/mol. The summed E-state index contributed by atoms with van der Waals surface area (Å²) in [5.41, 5.74) is 5.30. The zero-order valence-corrected chi connectivity index (χ0v) is 19.6. The van der Waals surface area contributed by atoms with Crippen molar-refractivity contribution in [3.63, 3.8) is 0 Å². The molecule has 1 heterocycles. The minimum atomic E-state index is -0.197. The van der Waals surface area contributed by atoms with Crippen molar-refractivity contribution in [1.82, 2.24) is 20.2 Å². The predicted molar refractivity (Wildman–Crippen MR) is 133 cm³/mol. The van der Waals surface area contributed by atoms with Crippen LogP contribution in [0.1, 0.15) is 19.4 Å². The highest BCUT2D eigenvalue weighted by atomic mass is 32.2. The lowest BCUT2D eigenvalue weighted by molar-refractivity contribution is -0.118. The molecule has 0 aliphatic rings. The van der Waals surface area contributed by atoms with Gasteiger partial charge in [-0.15, -0.1) is 10.2 Å². The van der Waals surface area contributed by atoms with Crippen LogP contribution in [0.4, 0.5) is 0 Å². The lowest BCUT2D eigenvalue weighted by atomic mass is 10.0. The van der Waals surface area contributed by atoms with Crippen LogP contribution in [0, 0.1) is 0 Å². The first kappa shape index (κ1) is 22.5. The van der Waals surface area contributed by atoms with E-state index in [1.54, 1.807) is 7.11 Å². The number of rotatable bonds is 8. The van der Waals surface area contributed by atoms with Gasteiger partial charge in [-0.1, -0.05) is 48.2 Å². The standard InChI is InChI=1S/C25H25N5O2S/c1-4-30-24(19-11-13-22(32-3)14-12-19)28-29-25(30)33-16-23(31)27-26-17(2)20-10-9-18-7-5-6-8-21(18)15-20/h5-15H,4,16H2,1-3H3,(H,27,31)/b26-17+. The average molecular weight is 460 g/mol. The van der Waals surface area contributed by atoms with E-state index in [9.17, 15) is 4.79 Å². The minimum absolute atomic E-state index is 0.190. The van der Waals surface area contributed by atoms with Crippen LogP contribution in [0.25, 0.3) is 22.2 Å². The summed E-state index contributed by atoms with van der Waals surface area (Å²) in [7, 11) is 1.64.